The number of halogens is 1. The van der Waals surface area contributed by atoms with Crippen molar-refractivity contribution in [3.63, 3.8) is 0 Å². The lowest BCUT2D eigenvalue weighted by atomic mass is 10.2. The highest BCUT2D eigenvalue weighted by molar-refractivity contribution is 5.76. The summed E-state index contributed by atoms with van der Waals surface area (Å²) >= 11 is 0. The van der Waals surface area contributed by atoms with Crippen molar-refractivity contribution in [1.29, 1.82) is 0 Å². The van der Waals surface area contributed by atoms with Crippen LogP contribution in [0, 0.1) is 5.82 Å². The molecule has 0 saturated carbocycles. The average Bonchev–Trinajstić information content (AvgIpc) is 3.32. The molecule has 8 heteroatoms. The minimum atomic E-state index is -0.376. The average molecular weight is 365 g/mol. The molecule has 4 rings (SSSR count). The van der Waals surface area contributed by atoms with Gasteiger partial charge in [0.1, 0.15) is 5.82 Å². The van der Waals surface area contributed by atoms with Gasteiger partial charge >= 0.3 is 0 Å². The summed E-state index contributed by atoms with van der Waals surface area (Å²) in [6, 6.07) is 11.9. The highest BCUT2D eigenvalue weighted by Gasteiger charge is 2.12. The van der Waals surface area contributed by atoms with Gasteiger partial charge in [0.05, 0.1) is 18.3 Å². The van der Waals surface area contributed by atoms with Crippen LogP contribution in [0.5, 0.6) is 0 Å². The molecule has 0 unspecified atom stereocenters. The van der Waals surface area contributed by atoms with Gasteiger partial charge in [0.25, 0.3) is 0 Å². The molecule has 7 nitrogen and oxygen atoms in total. The molecular formula is C19H16FN5O2. The molecule has 136 valence electrons. The van der Waals surface area contributed by atoms with Gasteiger partial charge in [-0.1, -0.05) is 18.2 Å². The molecule has 0 aliphatic heterocycles. The Labute approximate surface area is 153 Å². The highest BCUT2D eigenvalue weighted by atomic mass is 19.1. The van der Waals surface area contributed by atoms with Gasteiger partial charge in [-0.3, -0.25) is 9.20 Å². The number of fused-ring (bicyclic) bond motifs is 1. The summed E-state index contributed by atoms with van der Waals surface area (Å²) in [5.74, 6) is 0.846. The molecule has 0 fully saturated rings. The van der Waals surface area contributed by atoms with Crippen LogP contribution in [0.15, 0.2) is 59.3 Å². The zero-order chi connectivity index (χ0) is 18.6. The van der Waals surface area contributed by atoms with Crippen LogP contribution in [-0.2, 0) is 17.8 Å². The Morgan fingerprint density at radius 2 is 2.00 bits per heavy atom. The largest absolute Gasteiger partial charge is 0.441 e. The molecule has 0 radical (unpaired) electrons. The normalized spacial score (nSPS) is 11.0. The summed E-state index contributed by atoms with van der Waals surface area (Å²) in [6.07, 6.45) is 3.83. The van der Waals surface area contributed by atoms with E-state index in [1.807, 2.05) is 28.8 Å². The number of hydrogen-bond acceptors (Lipinski definition) is 5. The van der Waals surface area contributed by atoms with Gasteiger partial charge in [-0.2, -0.15) is 0 Å². The number of aryl methyl sites for hydroxylation is 1. The molecule has 1 amide bonds. The zero-order valence-electron chi connectivity index (χ0n) is 14.3. The third kappa shape index (κ3) is 3.69. The fraction of sp³-hybridized carbons (Fsp3) is 0.158. The van der Waals surface area contributed by atoms with Gasteiger partial charge in [0.2, 0.25) is 5.91 Å². The summed E-state index contributed by atoms with van der Waals surface area (Å²) in [5, 5.41) is 10.9. The Bertz CT molecular complexity index is 1090. The Morgan fingerprint density at radius 3 is 2.89 bits per heavy atom. The van der Waals surface area contributed by atoms with Crippen molar-refractivity contribution in [2.45, 2.75) is 19.4 Å². The first kappa shape index (κ1) is 16.9. The van der Waals surface area contributed by atoms with Crippen LogP contribution in [0.4, 0.5) is 4.39 Å². The summed E-state index contributed by atoms with van der Waals surface area (Å²) in [6.45, 7) is 0.274. The molecular weight excluding hydrogens is 349 g/mol. The van der Waals surface area contributed by atoms with E-state index in [1.54, 1.807) is 18.2 Å². The summed E-state index contributed by atoms with van der Waals surface area (Å²) < 4.78 is 21.1. The van der Waals surface area contributed by atoms with Crippen molar-refractivity contribution in [2.24, 2.45) is 0 Å². The van der Waals surface area contributed by atoms with Gasteiger partial charge in [-0.25, -0.2) is 9.37 Å². The van der Waals surface area contributed by atoms with E-state index in [2.05, 4.69) is 20.5 Å². The molecule has 0 saturated heterocycles. The first-order valence-electron chi connectivity index (χ1n) is 8.45. The van der Waals surface area contributed by atoms with Crippen LogP contribution in [0.2, 0.25) is 0 Å². The van der Waals surface area contributed by atoms with Crippen molar-refractivity contribution in [1.82, 2.24) is 24.9 Å². The van der Waals surface area contributed by atoms with E-state index >= 15 is 0 Å². The maximum absolute atomic E-state index is 13.8. The minimum Gasteiger partial charge on any atom is -0.441 e. The predicted octanol–water partition coefficient (Wildman–Crippen LogP) is 2.77. The van der Waals surface area contributed by atoms with Crippen molar-refractivity contribution < 1.29 is 13.6 Å². The summed E-state index contributed by atoms with van der Waals surface area (Å²) in [5.41, 5.74) is 1.07. The second kappa shape index (κ2) is 7.36. The fourth-order valence-electron chi connectivity index (χ4n) is 2.71. The second-order valence-electron chi connectivity index (χ2n) is 5.92. The summed E-state index contributed by atoms with van der Waals surface area (Å²) in [4.78, 5) is 16.2. The number of carbonyl (C=O) groups excluding carboxylic acids is 1. The number of pyridine rings is 1. The van der Waals surface area contributed by atoms with E-state index in [4.69, 9.17) is 4.42 Å². The third-order valence-corrected chi connectivity index (χ3v) is 4.09. The molecule has 0 aliphatic rings. The van der Waals surface area contributed by atoms with Gasteiger partial charge in [0.15, 0.2) is 23.1 Å². The maximum Gasteiger partial charge on any atom is 0.220 e. The van der Waals surface area contributed by atoms with E-state index < -0.39 is 0 Å². The Balaban J connectivity index is 1.33. The van der Waals surface area contributed by atoms with Crippen LogP contribution >= 0.6 is 0 Å². The van der Waals surface area contributed by atoms with E-state index in [9.17, 15) is 9.18 Å². The van der Waals surface area contributed by atoms with Crippen molar-refractivity contribution >= 4 is 11.6 Å². The molecule has 4 aromatic rings. The van der Waals surface area contributed by atoms with Crippen LogP contribution in [0.1, 0.15) is 18.1 Å². The third-order valence-electron chi connectivity index (χ3n) is 4.09. The van der Waals surface area contributed by atoms with E-state index in [1.165, 1.54) is 12.3 Å². The topological polar surface area (TPSA) is 85.3 Å². The molecule has 0 spiro atoms. The predicted molar refractivity (Wildman–Crippen MR) is 95.1 cm³/mol. The van der Waals surface area contributed by atoms with Crippen LogP contribution in [-0.4, -0.2) is 25.5 Å². The SMILES string of the molecule is O=C(CCc1ncc(-c2ccccc2F)o1)NCc1nnc2ccccn12. The van der Waals surface area contributed by atoms with Gasteiger partial charge in [-0.15, -0.1) is 10.2 Å². The lowest BCUT2D eigenvalue weighted by molar-refractivity contribution is -0.121. The van der Waals surface area contributed by atoms with Crippen molar-refractivity contribution in [3.8, 4) is 11.3 Å². The number of nitrogens with zero attached hydrogens (tertiary/aromatic N) is 4. The van der Waals surface area contributed by atoms with E-state index in [0.717, 1.165) is 5.65 Å². The van der Waals surface area contributed by atoms with E-state index in [0.29, 0.717) is 29.5 Å². The number of amides is 1. The van der Waals surface area contributed by atoms with Crippen LogP contribution in [0.25, 0.3) is 17.0 Å². The number of nitrogens with one attached hydrogen (secondary N) is 1. The first-order valence-corrected chi connectivity index (χ1v) is 8.45. The van der Waals surface area contributed by atoms with E-state index in [-0.39, 0.29) is 24.7 Å². The Morgan fingerprint density at radius 1 is 1.15 bits per heavy atom. The lowest BCUT2D eigenvalue weighted by Crippen LogP contribution is -2.24. The molecule has 3 heterocycles. The number of benzene rings is 1. The summed E-state index contributed by atoms with van der Waals surface area (Å²) in [7, 11) is 0. The first-order chi connectivity index (χ1) is 13.2. The molecule has 0 bridgehead atoms. The fourth-order valence-corrected chi connectivity index (χ4v) is 2.71. The molecule has 1 aromatic carbocycles. The van der Waals surface area contributed by atoms with Gasteiger partial charge in [0, 0.05) is 19.0 Å². The number of hydrogen-bond donors (Lipinski definition) is 1. The number of oxazole rings is 1. The lowest BCUT2D eigenvalue weighted by Gasteiger charge is -2.03. The standard InChI is InChI=1S/C19H16FN5O2/c20-14-6-2-1-5-13(14)15-11-22-19(27-15)9-8-18(26)21-12-17-24-23-16-7-3-4-10-25(16)17/h1-7,10-11H,8-9,12H2,(H,21,26). The maximum atomic E-state index is 13.8. The number of aromatic nitrogens is 4. The molecule has 0 aliphatic carbocycles. The molecule has 1 N–H and O–H groups in total. The zero-order valence-corrected chi connectivity index (χ0v) is 14.3. The molecule has 27 heavy (non-hydrogen) atoms. The quantitative estimate of drug-likeness (QED) is 0.568. The minimum absolute atomic E-state index is 0.159. The van der Waals surface area contributed by atoms with Crippen molar-refractivity contribution in [2.75, 3.05) is 0 Å². The molecule has 0 atom stereocenters. The van der Waals surface area contributed by atoms with Gasteiger partial charge < -0.3 is 9.73 Å². The Hall–Kier alpha value is -3.55. The smallest absolute Gasteiger partial charge is 0.220 e. The second-order valence-corrected chi connectivity index (χ2v) is 5.92. The number of carbonyl (C=O) groups is 1. The monoisotopic (exact) mass is 365 g/mol. The number of rotatable bonds is 6. The molecule has 3 aromatic heterocycles. The van der Waals surface area contributed by atoms with Crippen molar-refractivity contribution in [3.05, 3.63) is 72.4 Å². The highest BCUT2D eigenvalue weighted by Crippen LogP contribution is 2.23. The van der Waals surface area contributed by atoms with Crippen LogP contribution in [0.3, 0.4) is 0 Å². The van der Waals surface area contributed by atoms with Gasteiger partial charge in [-0.05, 0) is 24.3 Å². The Kier molecular flexibility index (Phi) is 4.61. The van der Waals surface area contributed by atoms with Crippen LogP contribution < -0.4 is 5.32 Å².